The maximum Gasteiger partial charge on any atom is 0.0692 e. The van der Waals surface area contributed by atoms with Crippen LogP contribution in [0.5, 0.6) is 0 Å². The van der Waals surface area contributed by atoms with Crippen molar-refractivity contribution in [2.24, 2.45) is 11.5 Å². The second kappa shape index (κ2) is 3.09. The second-order valence-electron chi connectivity index (χ2n) is 3.68. The molecule has 1 aliphatic rings. The summed E-state index contributed by atoms with van der Waals surface area (Å²) in [5.74, 6) is 0. The lowest BCUT2D eigenvalue weighted by atomic mass is 10.2. The summed E-state index contributed by atoms with van der Waals surface area (Å²) in [5.41, 5.74) is 11.5. The maximum atomic E-state index is 6.05. The summed E-state index contributed by atoms with van der Waals surface area (Å²) in [7, 11) is 0. The summed E-state index contributed by atoms with van der Waals surface area (Å²) in [5, 5.41) is 0. The Hall–Kier alpha value is -0.120. The van der Waals surface area contributed by atoms with Gasteiger partial charge < -0.3 is 11.5 Å². The van der Waals surface area contributed by atoms with Crippen molar-refractivity contribution in [1.29, 1.82) is 0 Å². The van der Waals surface area contributed by atoms with E-state index in [1.807, 2.05) is 0 Å². The zero-order chi connectivity index (χ0) is 8.48. The molecule has 3 heteroatoms. The normalized spacial score (nSPS) is 21.3. The van der Waals surface area contributed by atoms with E-state index in [2.05, 4.69) is 18.7 Å². The Morgan fingerprint density at radius 3 is 2.27 bits per heavy atom. The Labute approximate surface area is 68.7 Å². The molecule has 0 amide bonds. The van der Waals surface area contributed by atoms with Gasteiger partial charge in [0.1, 0.15) is 0 Å². The Balaban J connectivity index is 2.45. The van der Waals surface area contributed by atoms with Crippen molar-refractivity contribution >= 4 is 0 Å². The van der Waals surface area contributed by atoms with Gasteiger partial charge in [0.25, 0.3) is 0 Å². The molecule has 0 aromatic carbocycles. The zero-order valence-corrected chi connectivity index (χ0v) is 7.51. The predicted octanol–water partition coefficient (Wildman–Crippen LogP) is 0.104. The third-order valence-corrected chi connectivity index (χ3v) is 2.33. The third kappa shape index (κ3) is 1.92. The van der Waals surface area contributed by atoms with Crippen LogP contribution in [-0.4, -0.2) is 29.7 Å². The van der Waals surface area contributed by atoms with Crippen molar-refractivity contribution in [2.45, 2.75) is 38.4 Å². The summed E-state index contributed by atoms with van der Waals surface area (Å²) >= 11 is 0. The van der Waals surface area contributed by atoms with Crippen LogP contribution in [0.1, 0.15) is 26.7 Å². The van der Waals surface area contributed by atoms with Crippen LogP contribution in [0.2, 0.25) is 0 Å². The van der Waals surface area contributed by atoms with Crippen LogP contribution in [0, 0.1) is 0 Å². The van der Waals surface area contributed by atoms with Crippen LogP contribution in [0.4, 0.5) is 0 Å². The van der Waals surface area contributed by atoms with Gasteiger partial charge in [-0.25, -0.2) is 0 Å². The first kappa shape index (κ1) is 8.97. The van der Waals surface area contributed by atoms with Crippen LogP contribution in [0.3, 0.4) is 0 Å². The van der Waals surface area contributed by atoms with Gasteiger partial charge in [0.15, 0.2) is 0 Å². The molecular formula is C8H19N3. The number of rotatable bonds is 4. The molecule has 0 unspecified atom stereocenters. The highest BCUT2D eigenvalue weighted by molar-refractivity contribution is 4.99. The molecule has 0 spiro atoms. The highest BCUT2D eigenvalue weighted by Crippen LogP contribution is 2.36. The van der Waals surface area contributed by atoms with Crippen molar-refractivity contribution < 1.29 is 0 Å². The summed E-state index contributed by atoms with van der Waals surface area (Å²) in [4.78, 5) is 2.30. The zero-order valence-electron chi connectivity index (χ0n) is 7.51. The number of hydrogen-bond acceptors (Lipinski definition) is 3. The molecule has 0 atom stereocenters. The summed E-state index contributed by atoms with van der Waals surface area (Å²) in [6.07, 6.45) is 2.26. The van der Waals surface area contributed by atoms with Crippen molar-refractivity contribution in [1.82, 2.24) is 4.90 Å². The van der Waals surface area contributed by atoms with Gasteiger partial charge in [-0.3, -0.25) is 4.90 Å². The fourth-order valence-corrected chi connectivity index (χ4v) is 1.55. The Bertz CT molecular complexity index is 129. The first-order chi connectivity index (χ1) is 5.10. The van der Waals surface area contributed by atoms with Crippen LogP contribution in [0.25, 0.3) is 0 Å². The van der Waals surface area contributed by atoms with Gasteiger partial charge in [0, 0.05) is 19.1 Å². The summed E-state index contributed by atoms with van der Waals surface area (Å²) < 4.78 is 0. The van der Waals surface area contributed by atoms with E-state index in [-0.39, 0.29) is 5.66 Å². The molecule has 0 radical (unpaired) electrons. The average molecular weight is 157 g/mol. The van der Waals surface area contributed by atoms with E-state index in [4.69, 9.17) is 11.5 Å². The molecule has 0 heterocycles. The van der Waals surface area contributed by atoms with Crippen LogP contribution < -0.4 is 11.5 Å². The molecule has 1 aliphatic carbocycles. The first-order valence-corrected chi connectivity index (χ1v) is 4.36. The Kier molecular flexibility index (Phi) is 2.52. The first-order valence-electron chi connectivity index (χ1n) is 4.36. The van der Waals surface area contributed by atoms with Crippen molar-refractivity contribution in [3.05, 3.63) is 0 Å². The average Bonchev–Trinajstić information content (AvgIpc) is 2.63. The van der Waals surface area contributed by atoms with Gasteiger partial charge in [-0.2, -0.15) is 0 Å². The molecule has 4 N–H and O–H groups in total. The number of nitrogens with two attached hydrogens (primary N) is 2. The minimum atomic E-state index is -0.00641. The third-order valence-electron chi connectivity index (χ3n) is 2.33. The van der Waals surface area contributed by atoms with Crippen LogP contribution >= 0.6 is 0 Å². The lowest BCUT2D eigenvalue weighted by Crippen LogP contribution is -2.50. The standard InChI is InChI=1S/C8H19N3/c1-7(2)11(6-5-9)8(10)3-4-8/h7H,3-6,9-10H2,1-2H3. The van der Waals surface area contributed by atoms with E-state index in [1.165, 1.54) is 0 Å². The predicted molar refractivity (Wildman–Crippen MR) is 47.0 cm³/mol. The topological polar surface area (TPSA) is 55.3 Å². The quantitative estimate of drug-likeness (QED) is 0.569. The fourth-order valence-electron chi connectivity index (χ4n) is 1.55. The van der Waals surface area contributed by atoms with Crippen molar-refractivity contribution in [3.8, 4) is 0 Å². The molecule has 0 aliphatic heterocycles. The summed E-state index contributed by atoms with van der Waals surface area (Å²) in [6.45, 7) is 5.97. The largest absolute Gasteiger partial charge is 0.329 e. The molecule has 1 fully saturated rings. The van der Waals surface area contributed by atoms with E-state index >= 15 is 0 Å². The van der Waals surface area contributed by atoms with Gasteiger partial charge in [0.05, 0.1) is 5.66 Å². The lowest BCUT2D eigenvalue weighted by molar-refractivity contribution is 0.143. The fraction of sp³-hybridized carbons (Fsp3) is 1.00. The molecule has 0 saturated heterocycles. The van der Waals surface area contributed by atoms with E-state index in [0.29, 0.717) is 12.6 Å². The van der Waals surface area contributed by atoms with Gasteiger partial charge in [-0.15, -0.1) is 0 Å². The molecule has 11 heavy (non-hydrogen) atoms. The van der Waals surface area contributed by atoms with Gasteiger partial charge in [0.2, 0.25) is 0 Å². The Morgan fingerprint density at radius 2 is 2.00 bits per heavy atom. The highest BCUT2D eigenvalue weighted by atomic mass is 15.3. The molecule has 1 rings (SSSR count). The molecule has 66 valence electrons. The van der Waals surface area contributed by atoms with Crippen molar-refractivity contribution in [3.63, 3.8) is 0 Å². The van der Waals surface area contributed by atoms with E-state index in [1.54, 1.807) is 0 Å². The smallest absolute Gasteiger partial charge is 0.0692 e. The second-order valence-corrected chi connectivity index (χ2v) is 3.68. The van der Waals surface area contributed by atoms with Gasteiger partial charge in [-0.05, 0) is 26.7 Å². The van der Waals surface area contributed by atoms with E-state index < -0.39 is 0 Å². The van der Waals surface area contributed by atoms with Gasteiger partial charge in [-0.1, -0.05) is 0 Å². The van der Waals surface area contributed by atoms with E-state index in [0.717, 1.165) is 19.4 Å². The van der Waals surface area contributed by atoms with Gasteiger partial charge >= 0.3 is 0 Å². The minimum Gasteiger partial charge on any atom is -0.329 e. The molecule has 0 bridgehead atoms. The van der Waals surface area contributed by atoms with Crippen LogP contribution in [0.15, 0.2) is 0 Å². The minimum absolute atomic E-state index is 0.00641. The summed E-state index contributed by atoms with van der Waals surface area (Å²) in [6, 6.07) is 0.519. The molecule has 0 aromatic heterocycles. The lowest BCUT2D eigenvalue weighted by Gasteiger charge is -2.32. The highest BCUT2D eigenvalue weighted by Gasteiger charge is 2.44. The van der Waals surface area contributed by atoms with E-state index in [9.17, 15) is 0 Å². The number of nitrogens with zero attached hydrogens (tertiary/aromatic N) is 1. The van der Waals surface area contributed by atoms with Crippen molar-refractivity contribution in [2.75, 3.05) is 13.1 Å². The Morgan fingerprint density at radius 1 is 1.45 bits per heavy atom. The maximum absolute atomic E-state index is 6.05. The number of hydrogen-bond donors (Lipinski definition) is 2. The molecule has 0 aromatic rings. The SMILES string of the molecule is CC(C)N(CCN)C1(N)CC1. The monoisotopic (exact) mass is 157 g/mol. The molecular weight excluding hydrogens is 138 g/mol. The molecule has 3 nitrogen and oxygen atoms in total. The molecule has 1 saturated carbocycles. The van der Waals surface area contributed by atoms with Crippen LogP contribution in [-0.2, 0) is 0 Å².